The number of alkyl halides is 3. The first-order valence-electron chi connectivity index (χ1n) is 12.3. The summed E-state index contributed by atoms with van der Waals surface area (Å²) in [7, 11) is 0. The molecule has 0 aliphatic rings. The third-order valence-corrected chi connectivity index (χ3v) is 7.04. The number of hydrogen-bond acceptors (Lipinski definition) is 6. The van der Waals surface area contributed by atoms with E-state index in [9.17, 15) is 47.3 Å². The number of carboxylic acid groups (broad SMARTS) is 3. The SMILES string of the molecule is O=C(O)c1ccc(Cl)c(-c2cc(F)c(-c3cc(C(F)(F)F)c(-c4c(F)cccc4C(=O)O)cc3C(=O)O)cc2-c2nnn[nH]2)c1. The molecule has 5 rings (SSSR count). The van der Waals surface area contributed by atoms with Gasteiger partial charge in [-0.2, -0.15) is 13.2 Å². The molecule has 228 valence electrons. The maximum Gasteiger partial charge on any atom is 0.417 e. The average Bonchev–Trinajstić information content (AvgIpc) is 3.51. The van der Waals surface area contributed by atoms with Crippen LogP contribution in [0.5, 0.6) is 0 Å². The van der Waals surface area contributed by atoms with Crippen molar-refractivity contribution in [1.29, 1.82) is 0 Å². The summed E-state index contributed by atoms with van der Waals surface area (Å²) in [6.07, 6.45) is -5.31. The molecule has 1 aromatic heterocycles. The van der Waals surface area contributed by atoms with Gasteiger partial charge in [0.2, 0.25) is 0 Å². The molecule has 0 atom stereocenters. The van der Waals surface area contributed by atoms with Crippen molar-refractivity contribution >= 4 is 29.5 Å². The van der Waals surface area contributed by atoms with E-state index in [0.29, 0.717) is 12.1 Å². The van der Waals surface area contributed by atoms with E-state index >= 15 is 4.39 Å². The summed E-state index contributed by atoms with van der Waals surface area (Å²) in [6.45, 7) is 0. The van der Waals surface area contributed by atoms with Gasteiger partial charge in [0.25, 0.3) is 0 Å². The molecule has 0 aliphatic carbocycles. The van der Waals surface area contributed by atoms with Crippen molar-refractivity contribution in [3.05, 3.63) is 99.6 Å². The van der Waals surface area contributed by atoms with Crippen LogP contribution < -0.4 is 0 Å². The second-order valence-electron chi connectivity index (χ2n) is 9.34. The number of nitrogens with zero attached hydrogens (tertiary/aromatic N) is 3. The molecule has 1 heterocycles. The number of hydrogen-bond donors (Lipinski definition) is 4. The lowest BCUT2D eigenvalue weighted by molar-refractivity contribution is -0.137. The van der Waals surface area contributed by atoms with Crippen LogP contribution in [0.25, 0.3) is 44.8 Å². The topological polar surface area (TPSA) is 166 Å². The minimum Gasteiger partial charge on any atom is -0.478 e. The Morgan fingerprint density at radius 1 is 0.711 bits per heavy atom. The Labute approximate surface area is 252 Å². The van der Waals surface area contributed by atoms with Crippen molar-refractivity contribution in [2.75, 3.05) is 0 Å². The van der Waals surface area contributed by atoms with Crippen LogP contribution in [0.4, 0.5) is 22.0 Å². The van der Waals surface area contributed by atoms with Crippen molar-refractivity contribution in [2.24, 2.45) is 0 Å². The maximum absolute atomic E-state index is 15.9. The van der Waals surface area contributed by atoms with Gasteiger partial charge in [0, 0.05) is 27.3 Å². The molecule has 16 heteroatoms. The number of carbonyl (C=O) groups is 3. The average molecular weight is 645 g/mol. The predicted molar refractivity (Wildman–Crippen MR) is 147 cm³/mol. The van der Waals surface area contributed by atoms with Crippen LogP contribution in [0.3, 0.4) is 0 Å². The fourth-order valence-corrected chi connectivity index (χ4v) is 4.97. The summed E-state index contributed by atoms with van der Waals surface area (Å²) in [5.41, 5.74) is -7.59. The van der Waals surface area contributed by atoms with Crippen molar-refractivity contribution in [3.8, 4) is 44.8 Å². The lowest BCUT2D eigenvalue weighted by atomic mass is 9.86. The molecule has 45 heavy (non-hydrogen) atoms. The van der Waals surface area contributed by atoms with Gasteiger partial charge < -0.3 is 15.3 Å². The summed E-state index contributed by atoms with van der Waals surface area (Å²) in [6, 6.07) is 8.43. The van der Waals surface area contributed by atoms with Crippen LogP contribution in [-0.2, 0) is 6.18 Å². The number of aromatic amines is 1. The third-order valence-electron chi connectivity index (χ3n) is 6.71. The largest absolute Gasteiger partial charge is 0.478 e. The van der Waals surface area contributed by atoms with E-state index in [0.717, 1.165) is 30.3 Å². The quantitative estimate of drug-likeness (QED) is 0.138. The maximum atomic E-state index is 15.9. The van der Waals surface area contributed by atoms with Crippen LogP contribution in [0, 0.1) is 11.6 Å². The van der Waals surface area contributed by atoms with E-state index in [2.05, 4.69) is 20.6 Å². The van der Waals surface area contributed by atoms with Crippen LogP contribution in [0.15, 0.2) is 60.7 Å². The standard InChI is InChI=1S/C29H14ClF5N4O6/c30-21-5-4-11(26(40)41)6-15(21)14-10-23(32)16(7-17(14)25-36-38-39-37-25)13-9-20(29(33,34)35)19(8-18(13)28(44)45)24-12(27(42)43)2-1-3-22(24)31/h1-10H,(H,40,41)(H,42,43)(H,44,45)(H,36,37,38,39). The second-order valence-corrected chi connectivity index (χ2v) is 9.75. The summed E-state index contributed by atoms with van der Waals surface area (Å²) >= 11 is 6.29. The van der Waals surface area contributed by atoms with E-state index in [1.54, 1.807) is 0 Å². The van der Waals surface area contributed by atoms with Gasteiger partial charge in [0.05, 0.1) is 22.3 Å². The highest BCUT2D eigenvalue weighted by molar-refractivity contribution is 6.33. The molecule has 0 fully saturated rings. The number of nitrogens with one attached hydrogen (secondary N) is 1. The molecule has 4 aromatic carbocycles. The van der Waals surface area contributed by atoms with E-state index in [1.807, 2.05) is 0 Å². The normalized spacial score (nSPS) is 11.4. The molecule has 0 saturated heterocycles. The Morgan fingerprint density at radius 3 is 2.02 bits per heavy atom. The molecule has 5 aromatic rings. The molecule has 0 unspecified atom stereocenters. The van der Waals surface area contributed by atoms with E-state index < -0.39 is 74.7 Å². The fraction of sp³-hybridized carbons (Fsp3) is 0.0345. The van der Waals surface area contributed by atoms with Gasteiger partial charge in [0.1, 0.15) is 11.6 Å². The fourth-order valence-electron chi connectivity index (χ4n) is 4.75. The number of carboxylic acids is 3. The van der Waals surface area contributed by atoms with Gasteiger partial charge in [-0.1, -0.05) is 17.7 Å². The second kappa shape index (κ2) is 11.4. The van der Waals surface area contributed by atoms with Crippen molar-refractivity contribution in [1.82, 2.24) is 20.6 Å². The molecule has 0 radical (unpaired) electrons. The first-order valence-corrected chi connectivity index (χ1v) is 12.7. The van der Waals surface area contributed by atoms with Crippen molar-refractivity contribution in [2.45, 2.75) is 6.18 Å². The van der Waals surface area contributed by atoms with Gasteiger partial charge >= 0.3 is 24.1 Å². The molecule has 0 aliphatic heterocycles. The number of halogens is 6. The van der Waals surface area contributed by atoms with Crippen LogP contribution in [-0.4, -0.2) is 53.9 Å². The highest BCUT2D eigenvalue weighted by Crippen LogP contribution is 2.45. The zero-order valence-electron chi connectivity index (χ0n) is 21.9. The van der Waals surface area contributed by atoms with E-state index in [4.69, 9.17) is 11.6 Å². The van der Waals surface area contributed by atoms with Gasteiger partial charge in [-0.25, -0.2) is 28.3 Å². The van der Waals surface area contributed by atoms with Crippen LogP contribution >= 0.6 is 11.6 Å². The monoisotopic (exact) mass is 644 g/mol. The number of H-pyrrole nitrogens is 1. The Hall–Kier alpha value is -5.70. The van der Waals surface area contributed by atoms with Crippen molar-refractivity contribution < 1.29 is 51.7 Å². The molecule has 4 N–H and O–H groups in total. The minimum atomic E-state index is -5.31. The van der Waals surface area contributed by atoms with Gasteiger partial charge in [-0.3, -0.25) is 0 Å². The minimum absolute atomic E-state index is 0.0287. The first kappa shape index (κ1) is 30.7. The number of aromatic nitrogens is 4. The molecule has 0 spiro atoms. The Balaban J connectivity index is 1.86. The smallest absolute Gasteiger partial charge is 0.417 e. The summed E-state index contributed by atoms with van der Waals surface area (Å²) in [4.78, 5) is 35.7. The summed E-state index contributed by atoms with van der Waals surface area (Å²) < 4.78 is 74.2. The predicted octanol–water partition coefficient (Wildman–Crippen LogP) is 6.91. The van der Waals surface area contributed by atoms with E-state index in [-0.39, 0.29) is 39.2 Å². The zero-order chi connectivity index (χ0) is 32.8. The molecule has 10 nitrogen and oxygen atoms in total. The number of benzene rings is 4. The molecular formula is C29H14ClF5N4O6. The van der Waals surface area contributed by atoms with E-state index in [1.165, 1.54) is 12.1 Å². The zero-order valence-corrected chi connectivity index (χ0v) is 22.7. The molecular weight excluding hydrogens is 631 g/mol. The number of aromatic carboxylic acids is 3. The highest BCUT2D eigenvalue weighted by atomic mass is 35.5. The number of rotatable bonds is 7. The molecule has 0 bridgehead atoms. The van der Waals surface area contributed by atoms with Crippen LogP contribution in [0.2, 0.25) is 5.02 Å². The van der Waals surface area contributed by atoms with Crippen molar-refractivity contribution in [3.63, 3.8) is 0 Å². The lowest BCUT2D eigenvalue weighted by Gasteiger charge is -2.20. The van der Waals surface area contributed by atoms with Crippen LogP contribution in [0.1, 0.15) is 36.6 Å². The summed E-state index contributed by atoms with van der Waals surface area (Å²) in [5.74, 6) is -7.79. The first-order chi connectivity index (χ1) is 21.2. The van der Waals surface area contributed by atoms with Gasteiger partial charge in [0.15, 0.2) is 5.82 Å². The highest BCUT2D eigenvalue weighted by Gasteiger charge is 2.38. The van der Waals surface area contributed by atoms with Gasteiger partial charge in [-0.05, 0) is 81.7 Å². The van der Waals surface area contributed by atoms with Gasteiger partial charge in [-0.15, -0.1) is 5.10 Å². The molecule has 0 amide bonds. The molecule has 0 saturated carbocycles. The Kier molecular flexibility index (Phi) is 7.81. The summed E-state index contributed by atoms with van der Waals surface area (Å²) in [5, 5.41) is 41.9. The Morgan fingerprint density at radius 2 is 1.42 bits per heavy atom. The number of tetrazole rings is 1. The Bertz CT molecular complexity index is 2030. The third kappa shape index (κ3) is 5.68. The lowest BCUT2D eigenvalue weighted by Crippen LogP contribution is -2.13.